The van der Waals surface area contributed by atoms with Gasteiger partial charge in [0, 0.05) is 19.5 Å². The van der Waals surface area contributed by atoms with E-state index in [2.05, 4.69) is 15.7 Å². The van der Waals surface area contributed by atoms with E-state index < -0.39 is 0 Å². The van der Waals surface area contributed by atoms with E-state index in [1.807, 2.05) is 30.8 Å². The predicted molar refractivity (Wildman–Crippen MR) is 81.1 cm³/mol. The molecule has 1 aromatic heterocycles. The van der Waals surface area contributed by atoms with Crippen LogP contribution in [-0.2, 0) is 4.74 Å². The van der Waals surface area contributed by atoms with Crippen LogP contribution in [0.2, 0.25) is 0 Å². The lowest BCUT2D eigenvalue weighted by molar-refractivity contribution is 0.0905. The Morgan fingerprint density at radius 2 is 2.14 bits per heavy atom. The van der Waals surface area contributed by atoms with Gasteiger partial charge >= 0.3 is 6.03 Å². The van der Waals surface area contributed by atoms with Crippen molar-refractivity contribution in [2.45, 2.75) is 63.8 Å². The molecule has 1 aliphatic carbocycles. The van der Waals surface area contributed by atoms with E-state index in [9.17, 15) is 4.79 Å². The molecule has 0 aliphatic heterocycles. The Kier molecular flexibility index (Phi) is 5.61. The number of hydrogen-bond donors (Lipinski definition) is 2. The van der Waals surface area contributed by atoms with Gasteiger partial charge < -0.3 is 15.4 Å². The predicted octanol–water partition coefficient (Wildman–Crippen LogP) is 2.09. The highest BCUT2D eigenvalue weighted by Gasteiger charge is 2.28. The zero-order chi connectivity index (χ0) is 15.2. The van der Waals surface area contributed by atoms with Gasteiger partial charge in [0.15, 0.2) is 0 Å². The van der Waals surface area contributed by atoms with Crippen molar-refractivity contribution >= 4 is 6.03 Å². The van der Waals surface area contributed by atoms with Crippen LogP contribution in [0.1, 0.15) is 45.6 Å². The fraction of sp³-hybridized carbons (Fsp3) is 0.733. The summed E-state index contributed by atoms with van der Waals surface area (Å²) in [6.45, 7) is 3.89. The number of urea groups is 1. The lowest BCUT2D eigenvalue weighted by Gasteiger charge is -2.33. The maximum Gasteiger partial charge on any atom is 0.315 e. The van der Waals surface area contributed by atoms with Crippen LogP contribution in [0.3, 0.4) is 0 Å². The molecule has 2 rings (SSSR count). The number of ether oxygens (including phenoxy) is 1. The summed E-state index contributed by atoms with van der Waals surface area (Å²) in [6, 6.07) is 2.14. The Bertz CT molecular complexity index is 435. The Morgan fingerprint density at radius 1 is 1.38 bits per heavy atom. The highest BCUT2D eigenvalue weighted by Crippen LogP contribution is 2.27. The molecule has 6 heteroatoms. The summed E-state index contributed by atoms with van der Waals surface area (Å²) in [5.41, 5.74) is 0. The van der Waals surface area contributed by atoms with Crippen LogP contribution in [-0.4, -0.2) is 41.1 Å². The first-order valence-electron chi connectivity index (χ1n) is 7.70. The van der Waals surface area contributed by atoms with Gasteiger partial charge in [-0.3, -0.25) is 4.68 Å². The van der Waals surface area contributed by atoms with Crippen molar-refractivity contribution in [3.63, 3.8) is 0 Å². The van der Waals surface area contributed by atoms with Gasteiger partial charge in [-0.25, -0.2) is 4.79 Å². The van der Waals surface area contributed by atoms with Crippen LogP contribution >= 0.6 is 0 Å². The third-order valence-corrected chi connectivity index (χ3v) is 4.35. The maximum atomic E-state index is 12.1. The molecule has 0 radical (unpaired) electrons. The Balaban J connectivity index is 1.91. The van der Waals surface area contributed by atoms with Gasteiger partial charge in [-0.2, -0.15) is 5.10 Å². The number of rotatable bonds is 5. The van der Waals surface area contributed by atoms with Crippen molar-refractivity contribution in [2.24, 2.45) is 0 Å². The van der Waals surface area contributed by atoms with Gasteiger partial charge in [-0.05, 0) is 32.8 Å². The summed E-state index contributed by atoms with van der Waals surface area (Å²) in [6.07, 6.45) is 8.12. The minimum absolute atomic E-state index is 0.0102. The molecule has 0 aromatic carbocycles. The van der Waals surface area contributed by atoms with Crippen LogP contribution in [0.15, 0.2) is 18.5 Å². The molecular weight excluding hydrogens is 268 g/mol. The monoisotopic (exact) mass is 294 g/mol. The molecule has 0 saturated heterocycles. The molecule has 2 amide bonds. The quantitative estimate of drug-likeness (QED) is 0.873. The van der Waals surface area contributed by atoms with Gasteiger partial charge in [0.25, 0.3) is 0 Å². The normalized spacial score (nSPS) is 25.1. The number of methoxy groups -OCH3 is 1. The van der Waals surface area contributed by atoms with Crippen molar-refractivity contribution in [2.75, 3.05) is 7.11 Å². The van der Waals surface area contributed by atoms with Gasteiger partial charge in [0.05, 0.1) is 24.2 Å². The molecule has 3 unspecified atom stereocenters. The van der Waals surface area contributed by atoms with Gasteiger partial charge in [0.1, 0.15) is 0 Å². The second-order valence-corrected chi connectivity index (χ2v) is 5.79. The van der Waals surface area contributed by atoms with E-state index in [4.69, 9.17) is 4.74 Å². The zero-order valence-corrected chi connectivity index (χ0v) is 13.1. The van der Waals surface area contributed by atoms with Crippen LogP contribution < -0.4 is 10.6 Å². The fourth-order valence-corrected chi connectivity index (χ4v) is 2.81. The molecular formula is C15H26N4O2. The molecule has 2 N–H and O–H groups in total. The zero-order valence-electron chi connectivity index (χ0n) is 13.1. The minimum Gasteiger partial charge on any atom is -0.380 e. The molecule has 1 aromatic rings. The lowest BCUT2D eigenvalue weighted by Crippen LogP contribution is -2.51. The maximum absolute atomic E-state index is 12.1. The summed E-state index contributed by atoms with van der Waals surface area (Å²) in [5.74, 6) is 0. The van der Waals surface area contributed by atoms with E-state index in [0.717, 1.165) is 19.3 Å². The molecule has 1 aliphatic rings. The molecule has 6 nitrogen and oxygen atoms in total. The topological polar surface area (TPSA) is 68.2 Å². The van der Waals surface area contributed by atoms with Crippen molar-refractivity contribution in [1.29, 1.82) is 0 Å². The second kappa shape index (κ2) is 7.45. The smallest absolute Gasteiger partial charge is 0.315 e. The summed E-state index contributed by atoms with van der Waals surface area (Å²) in [7, 11) is 1.65. The van der Waals surface area contributed by atoms with E-state index in [0.29, 0.717) is 0 Å². The molecule has 21 heavy (non-hydrogen) atoms. The Morgan fingerprint density at radius 3 is 2.81 bits per heavy atom. The van der Waals surface area contributed by atoms with Crippen LogP contribution in [0.4, 0.5) is 4.79 Å². The largest absolute Gasteiger partial charge is 0.380 e. The molecule has 1 heterocycles. The van der Waals surface area contributed by atoms with Crippen molar-refractivity contribution in [3.8, 4) is 0 Å². The first kappa shape index (κ1) is 15.8. The SMILES string of the molecule is COC(C)[C@H](C)NC(=O)NC1CCCCC1n1cccn1. The first-order valence-corrected chi connectivity index (χ1v) is 7.70. The average molecular weight is 294 g/mol. The van der Waals surface area contributed by atoms with Crippen LogP contribution in [0.5, 0.6) is 0 Å². The number of amides is 2. The van der Waals surface area contributed by atoms with Gasteiger partial charge in [0.2, 0.25) is 0 Å². The highest BCUT2D eigenvalue weighted by atomic mass is 16.5. The average Bonchev–Trinajstić information content (AvgIpc) is 3.00. The van der Waals surface area contributed by atoms with Crippen molar-refractivity contribution < 1.29 is 9.53 Å². The lowest BCUT2D eigenvalue weighted by atomic mass is 9.90. The summed E-state index contributed by atoms with van der Waals surface area (Å²) >= 11 is 0. The molecule has 118 valence electrons. The van der Waals surface area contributed by atoms with Crippen molar-refractivity contribution in [3.05, 3.63) is 18.5 Å². The number of nitrogens with one attached hydrogen (secondary N) is 2. The molecule has 0 bridgehead atoms. The summed E-state index contributed by atoms with van der Waals surface area (Å²) in [4.78, 5) is 12.1. The molecule has 1 saturated carbocycles. The van der Waals surface area contributed by atoms with Gasteiger partial charge in [-0.1, -0.05) is 12.8 Å². The summed E-state index contributed by atoms with van der Waals surface area (Å²) in [5, 5.41) is 10.4. The van der Waals surface area contributed by atoms with Crippen LogP contribution in [0.25, 0.3) is 0 Å². The summed E-state index contributed by atoms with van der Waals surface area (Å²) < 4.78 is 7.19. The first-order chi connectivity index (χ1) is 10.1. The number of aromatic nitrogens is 2. The fourth-order valence-electron chi connectivity index (χ4n) is 2.81. The molecule has 1 fully saturated rings. The second-order valence-electron chi connectivity index (χ2n) is 5.79. The van der Waals surface area contributed by atoms with Crippen molar-refractivity contribution in [1.82, 2.24) is 20.4 Å². The van der Waals surface area contributed by atoms with E-state index in [1.54, 1.807) is 13.3 Å². The van der Waals surface area contributed by atoms with E-state index in [1.165, 1.54) is 6.42 Å². The molecule has 4 atom stereocenters. The van der Waals surface area contributed by atoms with E-state index in [-0.39, 0.29) is 30.3 Å². The van der Waals surface area contributed by atoms with Gasteiger partial charge in [-0.15, -0.1) is 0 Å². The Labute approximate surface area is 126 Å². The standard InChI is InChI=1S/C15H26N4O2/c1-11(12(2)21-3)17-15(20)18-13-7-4-5-8-14(13)19-10-6-9-16-19/h6,9-14H,4-5,7-8H2,1-3H3,(H2,17,18,20)/t11-,12?,13?,14?/m0/s1. The highest BCUT2D eigenvalue weighted by molar-refractivity contribution is 5.74. The number of hydrogen-bond acceptors (Lipinski definition) is 3. The Hall–Kier alpha value is -1.56. The minimum atomic E-state index is -0.129. The number of carbonyl (C=O) groups excluding carboxylic acids is 1. The van der Waals surface area contributed by atoms with E-state index >= 15 is 0 Å². The third kappa shape index (κ3) is 4.20. The third-order valence-electron chi connectivity index (χ3n) is 4.35. The molecule has 0 spiro atoms. The van der Waals surface area contributed by atoms with Crippen LogP contribution in [0, 0.1) is 0 Å². The number of nitrogens with zero attached hydrogens (tertiary/aromatic N) is 2. The number of carbonyl (C=O) groups is 1.